The van der Waals surface area contributed by atoms with Crippen LogP contribution < -0.4 is 0 Å². The molecule has 0 unspecified atom stereocenters. The van der Waals surface area contributed by atoms with Crippen LogP contribution in [0.4, 0.5) is 0 Å². The van der Waals surface area contributed by atoms with Gasteiger partial charge in [-0.3, -0.25) is 9.88 Å². The zero-order valence-electron chi connectivity index (χ0n) is 13.3. The number of ether oxygens (including phenoxy) is 1. The van der Waals surface area contributed by atoms with E-state index in [2.05, 4.69) is 32.0 Å². The fourth-order valence-electron chi connectivity index (χ4n) is 3.42. The zero-order valence-corrected chi connectivity index (χ0v) is 14.9. The third kappa shape index (κ3) is 3.60. The highest BCUT2D eigenvalue weighted by atomic mass is 32.2. The molecule has 2 aromatic heterocycles. The van der Waals surface area contributed by atoms with Crippen molar-refractivity contribution in [2.24, 2.45) is 0 Å². The van der Waals surface area contributed by atoms with Gasteiger partial charge in [0.2, 0.25) is 0 Å². The number of thioether (sulfide) groups is 1. The summed E-state index contributed by atoms with van der Waals surface area (Å²) in [5.74, 6) is 1.11. The van der Waals surface area contributed by atoms with E-state index in [0.717, 1.165) is 30.1 Å². The second-order valence-electron chi connectivity index (χ2n) is 6.47. The van der Waals surface area contributed by atoms with Crippen LogP contribution in [0.5, 0.6) is 0 Å². The van der Waals surface area contributed by atoms with E-state index in [0.29, 0.717) is 17.5 Å². The number of pyridine rings is 1. The van der Waals surface area contributed by atoms with Crippen molar-refractivity contribution in [3.8, 4) is 0 Å². The van der Waals surface area contributed by atoms with Gasteiger partial charge < -0.3 is 4.74 Å². The number of aromatic nitrogens is 2. The lowest BCUT2D eigenvalue weighted by Crippen LogP contribution is -2.58. The summed E-state index contributed by atoms with van der Waals surface area (Å²) >= 11 is 3.84. The maximum absolute atomic E-state index is 6.10. The molecule has 122 valence electrons. The Bertz CT molecular complexity index is 656. The standard InChI is InChI=1S/C17H21N3OS2/c1-13-3-2-4-14(19-13)9-21-15-7-17(23-10-15)11-20(12-17)8-16-18-5-6-22-16/h2-6,15H,7-12H2,1H3/t15-/m0/s1. The number of likely N-dealkylation sites (tertiary alicyclic amines) is 1. The van der Waals surface area contributed by atoms with Crippen molar-refractivity contribution in [1.82, 2.24) is 14.9 Å². The van der Waals surface area contributed by atoms with Gasteiger partial charge in [-0.25, -0.2) is 4.98 Å². The molecule has 2 aliphatic heterocycles. The van der Waals surface area contributed by atoms with Crippen LogP contribution in [0.25, 0.3) is 0 Å². The second kappa shape index (κ2) is 6.51. The minimum atomic E-state index is 0.365. The molecule has 4 nitrogen and oxygen atoms in total. The van der Waals surface area contributed by atoms with E-state index >= 15 is 0 Å². The van der Waals surface area contributed by atoms with Crippen molar-refractivity contribution in [1.29, 1.82) is 0 Å². The number of thiazole rings is 1. The molecule has 4 rings (SSSR count). The molecule has 2 saturated heterocycles. The normalized spacial score (nSPS) is 23.3. The van der Waals surface area contributed by atoms with Crippen LogP contribution in [0.1, 0.15) is 22.8 Å². The predicted octanol–water partition coefficient (Wildman–Crippen LogP) is 3.12. The summed E-state index contributed by atoms with van der Waals surface area (Å²) in [6.45, 7) is 5.99. The molecule has 0 aliphatic carbocycles. The van der Waals surface area contributed by atoms with E-state index < -0.39 is 0 Å². The Kier molecular flexibility index (Phi) is 4.41. The molecule has 0 amide bonds. The Hall–Kier alpha value is -0.950. The summed E-state index contributed by atoms with van der Waals surface area (Å²) in [4.78, 5) is 11.4. The van der Waals surface area contributed by atoms with Crippen LogP contribution in [0.3, 0.4) is 0 Å². The molecule has 1 atom stereocenters. The number of hydrogen-bond donors (Lipinski definition) is 0. The molecule has 2 fully saturated rings. The smallest absolute Gasteiger partial charge is 0.107 e. The van der Waals surface area contributed by atoms with Crippen LogP contribution >= 0.6 is 23.1 Å². The molecule has 6 heteroatoms. The lowest BCUT2D eigenvalue weighted by Gasteiger charge is -2.47. The first-order valence-corrected chi connectivity index (χ1v) is 9.86. The molecule has 0 bridgehead atoms. The summed E-state index contributed by atoms with van der Waals surface area (Å²) in [5.41, 5.74) is 2.09. The summed E-state index contributed by atoms with van der Waals surface area (Å²) in [5, 5.41) is 3.28. The van der Waals surface area contributed by atoms with Gasteiger partial charge in [-0.15, -0.1) is 23.1 Å². The Morgan fingerprint density at radius 1 is 1.39 bits per heavy atom. The average Bonchev–Trinajstić information content (AvgIpc) is 3.15. The summed E-state index contributed by atoms with van der Waals surface area (Å²) < 4.78 is 6.52. The lowest BCUT2D eigenvalue weighted by atomic mass is 9.93. The van der Waals surface area contributed by atoms with Gasteiger partial charge in [0, 0.05) is 40.9 Å². The molecule has 0 aromatic carbocycles. The molecule has 4 heterocycles. The number of rotatable bonds is 5. The van der Waals surface area contributed by atoms with E-state index in [1.165, 1.54) is 18.1 Å². The first kappa shape index (κ1) is 15.6. The lowest BCUT2D eigenvalue weighted by molar-refractivity contribution is 0.0250. The van der Waals surface area contributed by atoms with E-state index in [1.807, 2.05) is 31.3 Å². The fourth-order valence-corrected chi connectivity index (χ4v) is 5.68. The zero-order chi connectivity index (χ0) is 15.7. The Morgan fingerprint density at radius 2 is 2.30 bits per heavy atom. The molecule has 1 spiro atoms. The molecule has 2 aliphatic rings. The third-order valence-electron chi connectivity index (χ3n) is 4.45. The van der Waals surface area contributed by atoms with Crippen LogP contribution in [0.2, 0.25) is 0 Å². The quantitative estimate of drug-likeness (QED) is 0.831. The van der Waals surface area contributed by atoms with Crippen LogP contribution in [-0.2, 0) is 17.9 Å². The van der Waals surface area contributed by atoms with E-state index in [1.54, 1.807) is 11.3 Å². The van der Waals surface area contributed by atoms with E-state index in [-0.39, 0.29) is 0 Å². The van der Waals surface area contributed by atoms with Crippen molar-refractivity contribution in [2.75, 3.05) is 18.8 Å². The maximum Gasteiger partial charge on any atom is 0.107 e. The minimum Gasteiger partial charge on any atom is -0.371 e. The molecule has 2 aromatic rings. The van der Waals surface area contributed by atoms with Gasteiger partial charge in [-0.05, 0) is 25.5 Å². The largest absolute Gasteiger partial charge is 0.371 e. The van der Waals surface area contributed by atoms with Crippen molar-refractivity contribution >= 4 is 23.1 Å². The van der Waals surface area contributed by atoms with Crippen molar-refractivity contribution in [3.05, 3.63) is 46.2 Å². The number of aryl methyl sites for hydroxylation is 1. The monoisotopic (exact) mass is 347 g/mol. The fraction of sp³-hybridized carbons (Fsp3) is 0.529. The average molecular weight is 348 g/mol. The van der Waals surface area contributed by atoms with Crippen molar-refractivity contribution < 1.29 is 4.74 Å². The topological polar surface area (TPSA) is 38.2 Å². The molecule has 0 N–H and O–H groups in total. The molecule has 23 heavy (non-hydrogen) atoms. The van der Waals surface area contributed by atoms with E-state index in [4.69, 9.17) is 4.74 Å². The highest BCUT2D eigenvalue weighted by Crippen LogP contribution is 2.46. The molecular formula is C17H21N3OS2. The number of hydrogen-bond acceptors (Lipinski definition) is 6. The van der Waals surface area contributed by atoms with Gasteiger partial charge in [-0.2, -0.15) is 0 Å². The number of nitrogens with zero attached hydrogens (tertiary/aromatic N) is 3. The SMILES string of the molecule is Cc1cccc(CO[C@@H]2CSC3(C2)CN(Cc2nccs2)C3)n1. The van der Waals surface area contributed by atoms with Gasteiger partial charge in [-0.1, -0.05) is 6.07 Å². The highest BCUT2D eigenvalue weighted by molar-refractivity contribution is 8.01. The predicted molar refractivity (Wildman–Crippen MR) is 94.7 cm³/mol. The molecular weight excluding hydrogens is 326 g/mol. The minimum absolute atomic E-state index is 0.365. The summed E-state index contributed by atoms with van der Waals surface area (Å²) in [6, 6.07) is 6.12. The van der Waals surface area contributed by atoms with Crippen molar-refractivity contribution in [3.63, 3.8) is 0 Å². The van der Waals surface area contributed by atoms with Crippen molar-refractivity contribution in [2.45, 2.75) is 37.3 Å². The van der Waals surface area contributed by atoms with Gasteiger partial charge >= 0.3 is 0 Å². The first-order chi connectivity index (χ1) is 11.2. The first-order valence-electron chi connectivity index (χ1n) is 8.00. The Morgan fingerprint density at radius 3 is 3.09 bits per heavy atom. The molecule has 0 saturated carbocycles. The Balaban J connectivity index is 1.24. The highest BCUT2D eigenvalue weighted by Gasteiger charge is 2.49. The molecule has 0 radical (unpaired) electrons. The van der Waals surface area contributed by atoms with Gasteiger partial charge in [0.1, 0.15) is 5.01 Å². The summed E-state index contributed by atoms with van der Waals surface area (Å²) in [7, 11) is 0. The maximum atomic E-state index is 6.10. The van der Waals surface area contributed by atoms with Gasteiger partial charge in [0.15, 0.2) is 0 Å². The van der Waals surface area contributed by atoms with Gasteiger partial charge in [0.25, 0.3) is 0 Å². The van der Waals surface area contributed by atoms with Crippen LogP contribution in [0, 0.1) is 6.92 Å². The van der Waals surface area contributed by atoms with Crippen LogP contribution in [0.15, 0.2) is 29.8 Å². The van der Waals surface area contributed by atoms with Crippen LogP contribution in [-0.4, -0.2) is 44.6 Å². The van der Waals surface area contributed by atoms with Gasteiger partial charge in [0.05, 0.1) is 24.9 Å². The Labute approximate surface area is 145 Å². The van der Waals surface area contributed by atoms with E-state index in [9.17, 15) is 0 Å². The second-order valence-corrected chi connectivity index (χ2v) is 8.94. The third-order valence-corrected chi connectivity index (χ3v) is 6.79. The summed E-state index contributed by atoms with van der Waals surface area (Å²) in [6.07, 6.45) is 3.42.